The number of carbonyl (C=O) groups is 2. The van der Waals surface area contributed by atoms with Gasteiger partial charge in [0.15, 0.2) is 5.69 Å². The lowest BCUT2D eigenvalue weighted by molar-refractivity contribution is 0.0686. The number of aromatic nitrogens is 2. The fourth-order valence-corrected chi connectivity index (χ4v) is 2.96. The number of hydrogen-bond donors (Lipinski definition) is 5. The molecule has 154 valence electrons. The predicted molar refractivity (Wildman–Crippen MR) is 111 cm³/mol. The molecule has 2 aromatic carbocycles. The monoisotopic (exact) mass is 448 g/mol. The second-order valence-corrected chi connectivity index (χ2v) is 6.77. The smallest absolute Gasteiger partial charge is 0.358 e. The van der Waals surface area contributed by atoms with Crippen LogP contribution in [0.3, 0.4) is 0 Å². The van der Waals surface area contributed by atoms with E-state index in [2.05, 4.69) is 20.6 Å². The van der Waals surface area contributed by atoms with Crippen LogP contribution in [-0.4, -0.2) is 32.2 Å². The molecule has 0 spiro atoms. The number of aromatic carboxylic acids is 1. The van der Waals surface area contributed by atoms with Crippen LogP contribution in [0.15, 0.2) is 47.3 Å². The Balaban J connectivity index is 1.84. The lowest BCUT2D eigenvalue weighted by Crippen LogP contribution is -2.28. The Morgan fingerprint density at radius 3 is 2.57 bits per heavy atom. The molecule has 0 aliphatic heterocycles. The summed E-state index contributed by atoms with van der Waals surface area (Å²) in [5, 5.41) is 24.6. The Kier molecular flexibility index (Phi) is 6.24. The molecule has 0 fully saturated rings. The number of carboxylic acid groups (broad SMARTS) is 1. The van der Waals surface area contributed by atoms with Gasteiger partial charge in [-0.05, 0) is 23.8 Å². The molecule has 11 heteroatoms. The van der Waals surface area contributed by atoms with Crippen molar-refractivity contribution in [1.29, 1.82) is 0 Å². The number of carbonyl (C=O) groups excluding carboxylic acids is 1. The van der Waals surface area contributed by atoms with E-state index in [1.165, 1.54) is 12.1 Å². The van der Waals surface area contributed by atoms with Gasteiger partial charge in [0, 0.05) is 12.1 Å². The summed E-state index contributed by atoms with van der Waals surface area (Å²) < 4.78 is 0. The average Bonchev–Trinajstić information content (AvgIpc) is 2.71. The molecule has 0 aliphatic carbocycles. The second kappa shape index (κ2) is 8.85. The lowest BCUT2D eigenvalue weighted by atomic mass is 10.1. The molecule has 3 aromatic rings. The number of amides is 2. The minimum Gasteiger partial charge on any atom is -0.501 e. The van der Waals surface area contributed by atoms with Crippen LogP contribution >= 0.6 is 23.2 Å². The first-order chi connectivity index (χ1) is 14.3. The zero-order valence-electron chi connectivity index (χ0n) is 15.1. The van der Waals surface area contributed by atoms with Crippen molar-refractivity contribution < 1.29 is 19.8 Å². The number of aromatic hydroxyl groups is 1. The molecule has 9 nitrogen and oxygen atoms in total. The fraction of sp³-hybridized carbons (Fsp3) is 0.0526. The van der Waals surface area contributed by atoms with E-state index >= 15 is 0 Å². The summed E-state index contributed by atoms with van der Waals surface area (Å²) in [7, 11) is 0. The Labute approximate surface area is 179 Å². The van der Waals surface area contributed by atoms with Gasteiger partial charge in [0.05, 0.1) is 15.7 Å². The Hall–Kier alpha value is -3.56. The summed E-state index contributed by atoms with van der Waals surface area (Å²) in [6.45, 7) is 0.102. The number of nitrogens with one attached hydrogen (secondary N) is 3. The number of aromatic amines is 1. The van der Waals surface area contributed by atoms with Gasteiger partial charge < -0.3 is 25.8 Å². The molecule has 3 rings (SSSR count). The second-order valence-electron chi connectivity index (χ2n) is 5.98. The number of hydrogen-bond acceptors (Lipinski definition) is 5. The molecule has 0 radical (unpaired) electrons. The number of benzene rings is 2. The number of H-pyrrole nitrogens is 1. The number of anilines is 1. The molecule has 0 atom stereocenters. The van der Waals surface area contributed by atoms with E-state index in [4.69, 9.17) is 28.3 Å². The van der Waals surface area contributed by atoms with E-state index in [0.717, 1.165) is 0 Å². The highest BCUT2D eigenvalue weighted by molar-refractivity contribution is 6.42. The predicted octanol–water partition coefficient (Wildman–Crippen LogP) is 3.47. The molecule has 0 bridgehead atoms. The molecular formula is C19H14Cl2N4O5. The average molecular weight is 449 g/mol. The summed E-state index contributed by atoms with van der Waals surface area (Å²) in [4.78, 5) is 41.5. The van der Waals surface area contributed by atoms with Crippen LogP contribution in [0.2, 0.25) is 10.0 Å². The lowest BCUT2D eigenvalue weighted by Gasteiger charge is -2.13. The minimum atomic E-state index is -1.57. The number of rotatable bonds is 5. The maximum atomic E-state index is 12.3. The van der Waals surface area contributed by atoms with Gasteiger partial charge in [-0.1, -0.05) is 47.5 Å². The fourth-order valence-electron chi connectivity index (χ4n) is 2.57. The Morgan fingerprint density at radius 2 is 1.83 bits per heavy atom. The normalized spacial score (nSPS) is 10.5. The van der Waals surface area contributed by atoms with E-state index in [1.54, 1.807) is 30.3 Å². The Morgan fingerprint density at radius 1 is 1.10 bits per heavy atom. The molecule has 0 saturated carbocycles. The molecule has 1 heterocycles. The van der Waals surface area contributed by atoms with E-state index in [9.17, 15) is 19.5 Å². The molecular weight excluding hydrogens is 435 g/mol. The van der Waals surface area contributed by atoms with Gasteiger partial charge in [0.25, 0.3) is 5.56 Å². The van der Waals surface area contributed by atoms with Crippen molar-refractivity contribution in [2.24, 2.45) is 0 Å². The van der Waals surface area contributed by atoms with Crippen molar-refractivity contribution in [2.45, 2.75) is 6.54 Å². The summed E-state index contributed by atoms with van der Waals surface area (Å²) in [5.74, 6) is -2.71. The first-order valence-electron chi connectivity index (χ1n) is 8.41. The molecule has 5 N–H and O–H groups in total. The molecule has 0 saturated heterocycles. The largest absolute Gasteiger partial charge is 0.501 e. The Bertz CT molecular complexity index is 1200. The highest BCUT2D eigenvalue weighted by atomic mass is 35.5. The molecule has 2 amide bonds. The van der Waals surface area contributed by atoms with Crippen molar-refractivity contribution >= 4 is 40.9 Å². The van der Waals surface area contributed by atoms with Gasteiger partial charge in [-0.2, -0.15) is 0 Å². The highest BCUT2D eigenvalue weighted by Crippen LogP contribution is 2.27. The van der Waals surface area contributed by atoms with Crippen LogP contribution in [0.1, 0.15) is 16.1 Å². The van der Waals surface area contributed by atoms with Gasteiger partial charge >= 0.3 is 12.0 Å². The number of urea groups is 1. The van der Waals surface area contributed by atoms with E-state index in [0.29, 0.717) is 15.6 Å². The zero-order valence-corrected chi connectivity index (χ0v) is 16.6. The summed E-state index contributed by atoms with van der Waals surface area (Å²) in [5.41, 5.74) is -0.718. The van der Waals surface area contributed by atoms with E-state index in [-0.39, 0.29) is 23.6 Å². The molecule has 0 aliphatic rings. The van der Waals surface area contributed by atoms with Crippen molar-refractivity contribution in [2.75, 3.05) is 5.32 Å². The minimum absolute atomic E-state index is 0.102. The zero-order chi connectivity index (χ0) is 21.8. The maximum Gasteiger partial charge on any atom is 0.358 e. The van der Waals surface area contributed by atoms with E-state index < -0.39 is 29.0 Å². The summed E-state index contributed by atoms with van der Waals surface area (Å²) >= 11 is 12.0. The van der Waals surface area contributed by atoms with Crippen LogP contribution in [0.5, 0.6) is 5.75 Å². The van der Waals surface area contributed by atoms with Crippen molar-refractivity contribution in [3.63, 3.8) is 0 Å². The number of nitrogens with zero attached hydrogens (tertiary/aromatic N) is 1. The van der Waals surface area contributed by atoms with Gasteiger partial charge in [-0.15, -0.1) is 0 Å². The first-order valence-corrected chi connectivity index (χ1v) is 9.17. The first kappa shape index (κ1) is 21.2. The van der Waals surface area contributed by atoms with Crippen LogP contribution in [0.4, 0.5) is 10.5 Å². The van der Waals surface area contributed by atoms with Crippen molar-refractivity contribution in [1.82, 2.24) is 15.3 Å². The van der Waals surface area contributed by atoms with Crippen molar-refractivity contribution in [3.05, 3.63) is 74.1 Å². The topological polar surface area (TPSA) is 144 Å². The van der Waals surface area contributed by atoms with Crippen LogP contribution in [0, 0.1) is 0 Å². The quantitative estimate of drug-likeness (QED) is 0.404. The van der Waals surface area contributed by atoms with Gasteiger partial charge in [0.2, 0.25) is 5.75 Å². The maximum absolute atomic E-state index is 12.3. The van der Waals surface area contributed by atoms with Crippen LogP contribution < -0.4 is 16.2 Å². The summed E-state index contributed by atoms with van der Waals surface area (Å²) in [6, 6.07) is 10.7. The number of carboxylic acids is 1. The van der Waals surface area contributed by atoms with Crippen LogP contribution in [-0.2, 0) is 6.54 Å². The third-order valence-corrected chi connectivity index (χ3v) is 4.86. The SMILES string of the molecule is O=C(NCc1cccc(Cl)c1Cl)Nc1ccccc1-c1nc(C(=O)O)c(O)c(=O)[nH]1. The number of para-hydroxylation sites is 1. The van der Waals surface area contributed by atoms with Gasteiger partial charge in [-0.3, -0.25) is 4.79 Å². The van der Waals surface area contributed by atoms with E-state index in [1.807, 2.05) is 0 Å². The molecule has 0 unspecified atom stereocenters. The third kappa shape index (κ3) is 4.53. The van der Waals surface area contributed by atoms with Crippen LogP contribution in [0.25, 0.3) is 11.4 Å². The standard InChI is InChI=1S/C19H14Cl2N4O5/c20-11-6-3-4-9(13(11)21)8-22-19(30)23-12-7-2-1-5-10(12)16-24-14(18(28)29)15(26)17(27)25-16/h1-7,26H,8H2,(H,28,29)(H2,22,23,30)(H,24,25,27). The van der Waals surface area contributed by atoms with Gasteiger partial charge in [0.1, 0.15) is 5.82 Å². The third-order valence-electron chi connectivity index (χ3n) is 4.00. The molecule has 30 heavy (non-hydrogen) atoms. The molecule has 1 aromatic heterocycles. The van der Waals surface area contributed by atoms with Gasteiger partial charge in [-0.25, -0.2) is 14.6 Å². The van der Waals surface area contributed by atoms with Crippen molar-refractivity contribution in [3.8, 4) is 17.1 Å². The summed E-state index contributed by atoms with van der Waals surface area (Å²) in [6.07, 6.45) is 0. The number of halogens is 2. The highest BCUT2D eigenvalue weighted by Gasteiger charge is 2.19.